The summed E-state index contributed by atoms with van der Waals surface area (Å²) in [6.45, 7) is 9.25. The number of carbonyl (C=O) groups is 2. The maximum Gasteiger partial charge on any atom is 0.267 e. The van der Waals surface area contributed by atoms with E-state index in [9.17, 15) is 14.4 Å². The third-order valence-corrected chi connectivity index (χ3v) is 10.4. The monoisotopic (exact) mass is 767 g/mol. The van der Waals surface area contributed by atoms with E-state index in [0.717, 1.165) is 36.4 Å². The molecule has 290 valence electrons. The molecule has 6 rings (SSSR count). The summed E-state index contributed by atoms with van der Waals surface area (Å²) < 4.78 is 8.37. The van der Waals surface area contributed by atoms with E-state index in [1.807, 2.05) is 50.8 Å². The number of thiazole rings is 1. The second-order valence-electron chi connectivity index (χ2n) is 15.2. The zero-order valence-corrected chi connectivity index (χ0v) is 33.3. The predicted molar refractivity (Wildman–Crippen MR) is 215 cm³/mol. The molecule has 0 aliphatic carbocycles. The highest BCUT2D eigenvalue weighted by atomic mass is 32.1. The van der Waals surface area contributed by atoms with Crippen LogP contribution in [-0.2, 0) is 16.8 Å². The minimum atomic E-state index is -0.351. The number of rotatable bonds is 13. The third-order valence-electron chi connectivity index (χ3n) is 9.64. The molecule has 1 atom stereocenters. The van der Waals surface area contributed by atoms with Crippen molar-refractivity contribution in [1.82, 2.24) is 44.4 Å². The second kappa shape index (κ2) is 16.9. The van der Waals surface area contributed by atoms with E-state index in [1.54, 1.807) is 47.2 Å². The fourth-order valence-electron chi connectivity index (χ4n) is 6.32. The molecule has 1 aromatic carbocycles. The Morgan fingerprint density at radius 2 is 1.85 bits per heavy atom. The van der Waals surface area contributed by atoms with E-state index in [2.05, 4.69) is 56.4 Å². The molecule has 55 heavy (non-hydrogen) atoms. The van der Waals surface area contributed by atoms with Crippen LogP contribution in [0.1, 0.15) is 73.0 Å². The first-order chi connectivity index (χ1) is 26.3. The van der Waals surface area contributed by atoms with E-state index in [1.165, 1.54) is 15.7 Å². The molecule has 0 saturated carbocycles. The van der Waals surface area contributed by atoms with Gasteiger partial charge in [-0.3, -0.25) is 24.1 Å². The Morgan fingerprint density at radius 3 is 2.56 bits per heavy atom. The zero-order chi connectivity index (χ0) is 39.3. The van der Waals surface area contributed by atoms with E-state index in [0.29, 0.717) is 66.1 Å². The molecule has 1 fully saturated rings. The van der Waals surface area contributed by atoms with Crippen molar-refractivity contribution in [3.8, 4) is 5.75 Å². The SMILES string of the molecule is COc1ccc(Cn2nnnc2C=Cc2c(N3CCCC(CC(=O)N(C)CCN(C)C)C3)nc3cc(C(=O)Nc4nc(C(C)(C)C)cs4)ccn3c2=O)cc1. The van der Waals surface area contributed by atoms with Crippen LogP contribution in [0, 0.1) is 5.92 Å². The van der Waals surface area contributed by atoms with E-state index >= 15 is 0 Å². The van der Waals surface area contributed by atoms with Gasteiger partial charge >= 0.3 is 0 Å². The Balaban J connectivity index is 1.32. The summed E-state index contributed by atoms with van der Waals surface area (Å²) in [7, 11) is 7.44. The van der Waals surface area contributed by atoms with E-state index in [4.69, 9.17) is 9.72 Å². The van der Waals surface area contributed by atoms with Crippen molar-refractivity contribution in [2.75, 3.05) is 64.6 Å². The summed E-state index contributed by atoms with van der Waals surface area (Å²) in [5, 5.41) is 17.6. The smallest absolute Gasteiger partial charge is 0.267 e. The molecule has 0 bridgehead atoms. The van der Waals surface area contributed by atoms with Crippen LogP contribution < -0.4 is 20.5 Å². The number of tetrazole rings is 1. The molecule has 0 radical (unpaired) electrons. The number of hydrogen-bond acceptors (Lipinski definition) is 12. The molecular formula is C39H49N11O4S. The standard InChI is InChI=1S/C39H49N11O4S/c1-39(2,3)31-25-55-38(40-31)42-36(52)28-16-18-49-33(22-28)41-35(48-17-8-9-27(23-48)21-34(51)47(6)20-19-46(4)5)30(37(49)53)14-15-32-43-44-45-50(32)24-26-10-12-29(54-7)13-11-26/h10-16,18,22,25,27H,8-9,17,19-21,23-24H2,1-7H3,(H,40,42,52). The number of ether oxygens (including phenoxy) is 1. The van der Waals surface area contributed by atoms with E-state index < -0.39 is 0 Å². The van der Waals surface area contributed by atoms with Gasteiger partial charge in [0.1, 0.15) is 17.2 Å². The Hall–Kier alpha value is -5.48. The first kappa shape index (κ1) is 39.2. The number of hydrogen-bond donors (Lipinski definition) is 1. The molecule has 4 aromatic heterocycles. The van der Waals surface area contributed by atoms with Crippen LogP contribution in [0.2, 0.25) is 0 Å². The van der Waals surface area contributed by atoms with Crippen molar-refractivity contribution in [3.63, 3.8) is 0 Å². The highest BCUT2D eigenvalue weighted by Crippen LogP contribution is 2.29. The number of anilines is 2. The number of fused-ring (bicyclic) bond motifs is 1. The summed E-state index contributed by atoms with van der Waals surface area (Å²) in [6.07, 6.45) is 7.10. The lowest BCUT2D eigenvalue weighted by molar-refractivity contribution is -0.131. The number of piperidine rings is 1. The maximum atomic E-state index is 14.3. The van der Waals surface area contributed by atoms with Crippen molar-refractivity contribution in [1.29, 1.82) is 0 Å². The van der Waals surface area contributed by atoms with E-state index in [-0.39, 0.29) is 28.7 Å². The fraction of sp³-hybridized carbons (Fsp3) is 0.436. The second-order valence-corrected chi connectivity index (χ2v) is 16.1. The van der Waals surface area contributed by atoms with Crippen LogP contribution in [0.25, 0.3) is 17.8 Å². The lowest BCUT2D eigenvalue weighted by atomic mass is 9.93. The number of methoxy groups -OCH3 is 1. The molecule has 1 unspecified atom stereocenters. The minimum absolute atomic E-state index is 0.0744. The molecule has 1 N–H and O–H groups in total. The van der Waals surface area contributed by atoms with Crippen LogP contribution in [0.4, 0.5) is 10.9 Å². The van der Waals surface area contributed by atoms with Crippen molar-refractivity contribution < 1.29 is 14.3 Å². The summed E-state index contributed by atoms with van der Waals surface area (Å²) in [6, 6.07) is 10.9. The average molecular weight is 768 g/mol. The number of nitrogens with one attached hydrogen (secondary N) is 1. The van der Waals surface area contributed by atoms with Gasteiger partial charge < -0.3 is 19.4 Å². The van der Waals surface area contributed by atoms with Gasteiger partial charge in [-0.05, 0) is 85.3 Å². The quantitative estimate of drug-likeness (QED) is 0.180. The van der Waals surface area contributed by atoms with Gasteiger partial charge in [-0.1, -0.05) is 32.9 Å². The molecule has 2 amide bonds. The van der Waals surface area contributed by atoms with Gasteiger partial charge in [0.05, 0.1) is 24.9 Å². The molecule has 5 heterocycles. The van der Waals surface area contributed by atoms with Gasteiger partial charge in [0.25, 0.3) is 11.5 Å². The first-order valence-electron chi connectivity index (χ1n) is 18.3. The molecule has 1 aliphatic heterocycles. The highest BCUT2D eigenvalue weighted by molar-refractivity contribution is 7.14. The number of nitrogens with zero attached hydrogens (tertiary/aromatic N) is 10. The summed E-state index contributed by atoms with van der Waals surface area (Å²) in [5.41, 5.74) is 2.42. The largest absolute Gasteiger partial charge is 0.497 e. The number of aromatic nitrogens is 7. The number of pyridine rings is 1. The summed E-state index contributed by atoms with van der Waals surface area (Å²) in [4.78, 5) is 56.5. The van der Waals surface area contributed by atoms with Crippen LogP contribution in [0.3, 0.4) is 0 Å². The summed E-state index contributed by atoms with van der Waals surface area (Å²) in [5.74, 6) is 1.49. The Morgan fingerprint density at radius 1 is 1.07 bits per heavy atom. The molecule has 15 nitrogen and oxygen atoms in total. The van der Waals surface area contributed by atoms with Crippen molar-refractivity contribution in [2.45, 2.75) is 52.0 Å². The Bertz CT molecular complexity index is 2220. The van der Waals surface area contributed by atoms with Gasteiger partial charge in [0.15, 0.2) is 11.0 Å². The van der Waals surface area contributed by atoms with Gasteiger partial charge in [-0.15, -0.1) is 16.4 Å². The number of amides is 2. The Kier molecular flexibility index (Phi) is 12.1. The van der Waals surface area contributed by atoms with Gasteiger partial charge in [0.2, 0.25) is 5.91 Å². The normalized spacial score (nSPS) is 14.9. The minimum Gasteiger partial charge on any atom is -0.497 e. The van der Waals surface area contributed by atoms with Crippen molar-refractivity contribution >= 4 is 51.9 Å². The van der Waals surface area contributed by atoms with Gasteiger partial charge in [-0.2, -0.15) is 0 Å². The predicted octanol–water partition coefficient (Wildman–Crippen LogP) is 4.54. The van der Waals surface area contributed by atoms with Crippen LogP contribution >= 0.6 is 11.3 Å². The van der Waals surface area contributed by atoms with Crippen LogP contribution in [-0.4, -0.2) is 111 Å². The third kappa shape index (κ3) is 9.61. The molecular weight excluding hydrogens is 719 g/mol. The van der Waals surface area contributed by atoms with Crippen LogP contribution in [0.5, 0.6) is 5.75 Å². The van der Waals surface area contributed by atoms with Crippen molar-refractivity contribution in [3.05, 3.63) is 86.5 Å². The average Bonchev–Trinajstić information content (AvgIpc) is 3.83. The number of carbonyl (C=O) groups excluding carboxylic acids is 2. The van der Waals surface area contributed by atoms with Gasteiger partial charge in [-0.25, -0.2) is 14.6 Å². The summed E-state index contributed by atoms with van der Waals surface area (Å²) >= 11 is 1.37. The zero-order valence-electron chi connectivity index (χ0n) is 32.5. The Labute approximate surface area is 324 Å². The van der Waals surface area contributed by atoms with Gasteiger partial charge in [0, 0.05) is 62.2 Å². The molecule has 16 heteroatoms. The topological polar surface area (TPSA) is 156 Å². The number of likely N-dealkylation sites (N-methyl/N-ethyl adjacent to an activating group) is 2. The lowest BCUT2D eigenvalue weighted by Crippen LogP contribution is -2.41. The molecule has 1 saturated heterocycles. The maximum absolute atomic E-state index is 14.3. The molecule has 1 aliphatic rings. The van der Waals surface area contributed by atoms with Crippen molar-refractivity contribution in [2.24, 2.45) is 5.92 Å². The first-order valence-corrected chi connectivity index (χ1v) is 19.2. The molecule has 5 aromatic rings. The lowest BCUT2D eigenvalue weighted by Gasteiger charge is -2.34. The van der Waals surface area contributed by atoms with Crippen LogP contribution in [0.15, 0.2) is 52.8 Å². The highest BCUT2D eigenvalue weighted by Gasteiger charge is 2.27. The number of benzene rings is 1. The molecule has 0 spiro atoms. The fourth-order valence-corrected chi connectivity index (χ4v) is 7.25.